The first-order valence-electron chi connectivity index (χ1n) is 5.96. The third kappa shape index (κ3) is 4.45. The molecule has 1 amide bonds. The van der Waals surface area contributed by atoms with Crippen molar-refractivity contribution in [2.75, 3.05) is 0 Å². The van der Waals surface area contributed by atoms with E-state index in [0.29, 0.717) is 13.0 Å². The van der Waals surface area contributed by atoms with Crippen LogP contribution >= 0.6 is 27.3 Å². The zero-order valence-corrected chi connectivity index (χ0v) is 12.7. The molecule has 0 aliphatic rings. The average Bonchev–Trinajstić information content (AvgIpc) is 2.83. The highest BCUT2D eigenvalue weighted by Crippen LogP contribution is 2.21. The third-order valence-electron chi connectivity index (χ3n) is 2.70. The van der Waals surface area contributed by atoms with E-state index in [2.05, 4.69) is 21.2 Å². The molecule has 0 spiro atoms. The van der Waals surface area contributed by atoms with Crippen molar-refractivity contribution in [3.05, 3.63) is 56.7 Å². The number of benzene rings is 1. The minimum Gasteiger partial charge on any atom is -0.350 e. The molecule has 1 aromatic carbocycles. The Morgan fingerprint density at radius 2 is 2.00 bits per heavy atom. The summed E-state index contributed by atoms with van der Waals surface area (Å²) in [7, 11) is 0. The van der Waals surface area contributed by atoms with Crippen LogP contribution in [0, 0.1) is 0 Å². The molecule has 0 radical (unpaired) electrons. The molecule has 19 heavy (non-hydrogen) atoms. The third-order valence-corrected chi connectivity index (χ3v) is 4.32. The number of carbonyl (C=O) groups is 1. The number of thiophene rings is 1. The Morgan fingerprint density at radius 1 is 1.26 bits per heavy atom. The molecule has 0 saturated carbocycles. The Kier molecular flexibility index (Phi) is 5.13. The van der Waals surface area contributed by atoms with Crippen molar-refractivity contribution in [1.82, 2.24) is 5.32 Å². The van der Waals surface area contributed by atoms with Gasteiger partial charge in [-0.05, 0) is 40.0 Å². The standard InChI is InChI=1S/C14H15BrN2OS/c15-13-7-6-11(19-13)9-17-14(18)12(16)8-10-4-2-1-3-5-10/h1-7,12H,8-9,16H2,(H,17,18)/t12-/m0/s1. The van der Waals surface area contributed by atoms with Crippen LogP contribution in [0.3, 0.4) is 0 Å². The molecule has 0 saturated heterocycles. The highest BCUT2D eigenvalue weighted by molar-refractivity contribution is 9.11. The van der Waals surface area contributed by atoms with Crippen LogP contribution in [0.5, 0.6) is 0 Å². The van der Waals surface area contributed by atoms with Gasteiger partial charge in [-0.25, -0.2) is 0 Å². The van der Waals surface area contributed by atoms with Gasteiger partial charge in [-0.1, -0.05) is 30.3 Å². The van der Waals surface area contributed by atoms with E-state index in [1.807, 2.05) is 42.5 Å². The van der Waals surface area contributed by atoms with Gasteiger partial charge in [0.25, 0.3) is 0 Å². The van der Waals surface area contributed by atoms with Gasteiger partial charge in [0.05, 0.1) is 16.4 Å². The van der Waals surface area contributed by atoms with Crippen molar-refractivity contribution in [2.24, 2.45) is 5.73 Å². The quantitative estimate of drug-likeness (QED) is 0.880. The van der Waals surface area contributed by atoms with Gasteiger partial charge in [-0.3, -0.25) is 4.79 Å². The molecule has 0 aliphatic heterocycles. The predicted octanol–water partition coefficient (Wildman–Crippen LogP) is 2.70. The van der Waals surface area contributed by atoms with Gasteiger partial charge in [-0.2, -0.15) is 0 Å². The average molecular weight is 339 g/mol. The van der Waals surface area contributed by atoms with E-state index in [9.17, 15) is 4.79 Å². The normalized spacial score (nSPS) is 12.1. The zero-order valence-electron chi connectivity index (χ0n) is 10.3. The van der Waals surface area contributed by atoms with Crippen LogP contribution in [0.2, 0.25) is 0 Å². The van der Waals surface area contributed by atoms with Crippen LogP contribution in [0.15, 0.2) is 46.3 Å². The molecule has 0 aliphatic carbocycles. The van der Waals surface area contributed by atoms with Gasteiger partial charge in [0.2, 0.25) is 5.91 Å². The first kappa shape index (κ1) is 14.2. The molecule has 0 bridgehead atoms. The van der Waals surface area contributed by atoms with Crippen LogP contribution in [-0.4, -0.2) is 11.9 Å². The summed E-state index contributed by atoms with van der Waals surface area (Å²) in [6.45, 7) is 0.525. The summed E-state index contributed by atoms with van der Waals surface area (Å²) in [6, 6.07) is 13.2. The molecular formula is C14H15BrN2OS. The lowest BCUT2D eigenvalue weighted by Crippen LogP contribution is -2.41. The van der Waals surface area contributed by atoms with Crippen molar-refractivity contribution in [3.8, 4) is 0 Å². The number of halogens is 1. The van der Waals surface area contributed by atoms with E-state index in [0.717, 1.165) is 14.2 Å². The van der Waals surface area contributed by atoms with Gasteiger partial charge in [0, 0.05) is 4.88 Å². The van der Waals surface area contributed by atoms with Crippen LogP contribution < -0.4 is 11.1 Å². The SMILES string of the molecule is N[C@@H](Cc1ccccc1)C(=O)NCc1ccc(Br)s1. The lowest BCUT2D eigenvalue weighted by Gasteiger charge is -2.11. The Bertz CT molecular complexity index is 541. The first-order valence-corrected chi connectivity index (χ1v) is 7.57. The molecule has 1 atom stereocenters. The van der Waals surface area contributed by atoms with Crippen LogP contribution in [0.1, 0.15) is 10.4 Å². The highest BCUT2D eigenvalue weighted by atomic mass is 79.9. The summed E-state index contributed by atoms with van der Waals surface area (Å²) in [5, 5.41) is 2.86. The minimum absolute atomic E-state index is 0.117. The molecule has 100 valence electrons. The van der Waals surface area contributed by atoms with Crippen molar-refractivity contribution in [1.29, 1.82) is 0 Å². The number of carbonyl (C=O) groups excluding carboxylic acids is 1. The molecule has 5 heteroatoms. The van der Waals surface area contributed by atoms with Crippen LogP contribution in [0.25, 0.3) is 0 Å². The van der Waals surface area contributed by atoms with E-state index >= 15 is 0 Å². The molecule has 3 N–H and O–H groups in total. The maximum absolute atomic E-state index is 11.9. The second kappa shape index (κ2) is 6.84. The number of nitrogens with two attached hydrogens (primary N) is 1. The summed E-state index contributed by atoms with van der Waals surface area (Å²) in [6.07, 6.45) is 0.556. The predicted molar refractivity (Wildman–Crippen MR) is 82.0 cm³/mol. The van der Waals surface area contributed by atoms with Crippen molar-refractivity contribution >= 4 is 33.2 Å². The first-order chi connectivity index (χ1) is 9.15. The fraction of sp³-hybridized carbons (Fsp3) is 0.214. The second-order valence-corrected chi connectivity index (χ2v) is 6.77. The summed E-state index contributed by atoms with van der Waals surface area (Å²) >= 11 is 5.00. The number of nitrogens with one attached hydrogen (secondary N) is 1. The van der Waals surface area contributed by atoms with E-state index < -0.39 is 6.04 Å². The van der Waals surface area contributed by atoms with Crippen LogP contribution in [0.4, 0.5) is 0 Å². The Labute approximate surface area is 125 Å². The Morgan fingerprint density at radius 3 is 2.63 bits per heavy atom. The van der Waals surface area contributed by atoms with Crippen molar-refractivity contribution in [2.45, 2.75) is 19.0 Å². The molecule has 1 heterocycles. The Balaban J connectivity index is 1.82. The maximum Gasteiger partial charge on any atom is 0.237 e. The number of hydrogen-bond donors (Lipinski definition) is 2. The molecule has 0 fully saturated rings. The summed E-state index contributed by atoms with van der Waals surface area (Å²) in [5.74, 6) is -0.117. The number of amides is 1. The monoisotopic (exact) mass is 338 g/mol. The molecule has 1 aromatic heterocycles. The lowest BCUT2D eigenvalue weighted by atomic mass is 10.1. The fourth-order valence-electron chi connectivity index (χ4n) is 1.71. The zero-order chi connectivity index (χ0) is 13.7. The van der Waals surface area contributed by atoms with Gasteiger partial charge in [0.15, 0.2) is 0 Å². The number of hydrogen-bond acceptors (Lipinski definition) is 3. The van der Waals surface area contributed by atoms with Crippen molar-refractivity contribution in [3.63, 3.8) is 0 Å². The molecule has 2 rings (SSSR count). The van der Waals surface area contributed by atoms with E-state index in [-0.39, 0.29) is 5.91 Å². The lowest BCUT2D eigenvalue weighted by molar-refractivity contribution is -0.122. The topological polar surface area (TPSA) is 55.1 Å². The minimum atomic E-state index is -0.509. The molecule has 2 aromatic rings. The van der Waals surface area contributed by atoms with Gasteiger partial charge >= 0.3 is 0 Å². The van der Waals surface area contributed by atoms with E-state index in [4.69, 9.17) is 5.73 Å². The maximum atomic E-state index is 11.9. The molecule has 0 unspecified atom stereocenters. The molecule has 3 nitrogen and oxygen atoms in total. The number of rotatable bonds is 5. The summed E-state index contributed by atoms with van der Waals surface area (Å²) in [5.41, 5.74) is 6.97. The Hall–Kier alpha value is -1.17. The van der Waals surface area contributed by atoms with Gasteiger partial charge in [-0.15, -0.1) is 11.3 Å². The van der Waals surface area contributed by atoms with Gasteiger partial charge < -0.3 is 11.1 Å². The molecular weight excluding hydrogens is 324 g/mol. The van der Waals surface area contributed by atoms with E-state index in [1.165, 1.54) is 0 Å². The highest BCUT2D eigenvalue weighted by Gasteiger charge is 2.13. The van der Waals surface area contributed by atoms with Gasteiger partial charge in [0.1, 0.15) is 0 Å². The van der Waals surface area contributed by atoms with Crippen molar-refractivity contribution < 1.29 is 4.79 Å². The summed E-state index contributed by atoms with van der Waals surface area (Å²) < 4.78 is 1.06. The second-order valence-electron chi connectivity index (χ2n) is 4.22. The smallest absolute Gasteiger partial charge is 0.237 e. The van der Waals surface area contributed by atoms with E-state index in [1.54, 1.807) is 11.3 Å². The summed E-state index contributed by atoms with van der Waals surface area (Å²) in [4.78, 5) is 13.0. The van der Waals surface area contributed by atoms with Crippen LogP contribution in [-0.2, 0) is 17.8 Å². The largest absolute Gasteiger partial charge is 0.350 e. The fourth-order valence-corrected chi connectivity index (χ4v) is 3.14.